The van der Waals surface area contributed by atoms with Crippen LogP contribution in [0.15, 0.2) is 36.9 Å². The second kappa shape index (κ2) is 2.91. The summed E-state index contributed by atoms with van der Waals surface area (Å²) in [6, 6.07) is 5.82. The predicted molar refractivity (Wildman–Crippen MR) is 55.2 cm³/mol. The Bertz CT molecular complexity index is 607. The zero-order valence-electron chi connectivity index (χ0n) is 8.20. The molecule has 0 fully saturated rings. The molecule has 0 aliphatic heterocycles. The monoisotopic (exact) mass is 199 g/mol. The number of rotatable bonds is 1. The lowest BCUT2D eigenvalue weighted by molar-refractivity contribution is 0.904. The molecule has 15 heavy (non-hydrogen) atoms. The van der Waals surface area contributed by atoms with Crippen LogP contribution in [0.4, 0.5) is 0 Å². The molecule has 5 heteroatoms. The molecule has 3 aromatic heterocycles. The van der Waals surface area contributed by atoms with Crippen LogP contribution in [0.2, 0.25) is 0 Å². The van der Waals surface area contributed by atoms with Gasteiger partial charge in [0.2, 0.25) is 0 Å². The lowest BCUT2D eigenvalue weighted by atomic mass is 10.4. The van der Waals surface area contributed by atoms with Crippen molar-refractivity contribution in [3.63, 3.8) is 0 Å². The molecule has 74 valence electrons. The van der Waals surface area contributed by atoms with Crippen LogP contribution in [0.3, 0.4) is 0 Å². The number of imidazole rings is 1. The highest BCUT2D eigenvalue weighted by molar-refractivity contribution is 5.54. The lowest BCUT2D eigenvalue weighted by Crippen LogP contribution is -1.94. The maximum absolute atomic E-state index is 4.15. The summed E-state index contributed by atoms with van der Waals surface area (Å²) in [6.07, 6.45) is 5.47. The highest BCUT2D eigenvalue weighted by Gasteiger charge is 2.09. The van der Waals surface area contributed by atoms with E-state index in [9.17, 15) is 0 Å². The number of hydrogen-bond acceptors (Lipinski definition) is 3. The minimum atomic E-state index is 0.811. The third kappa shape index (κ3) is 1.13. The van der Waals surface area contributed by atoms with Gasteiger partial charge in [-0.2, -0.15) is 0 Å². The number of aryl methyl sites for hydroxylation is 1. The van der Waals surface area contributed by atoms with E-state index in [1.54, 1.807) is 12.5 Å². The molecule has 0 saturated heterocycles. The first-order valence-corrected chi connectivity index (χ1v) is 4.63. The lowest BCUT2D eigenvalue weighted by Gasteiger charge is -1.99. The van der Waals surface area contributed by atoms with Gasteiger partial charge in [-0.25, -0.2) is 4.98 Å². The van der Waals surface area contributed by atoms with Crippen molar-refractivity contribution in [1.29, 1.82) is 0 Å². The van der Waals surface area contributed by atoms with Gasteiger partial charge in [-0.05, 0) is 12.1 Å². The Morgan fingerprint density at radius 2 is 2.13 bits per heavy atom. The van der Waals surface area contributed by atoms with Crippen molar-refractivity contribution in [2.45, 2.75) is 0 Å². The highest BCUT2D eigenvalue weighted by atomic mass is 15.3. The van der Waals surface area contributed by atoms with Crippen LogP contribution in [0.5, 0.6) is 0 Å². The van der Waals surface area contributed by atoms with Crippen LogP contribution in [-0.4, -0.2) is 24.1 Å². The standard InChI is InChI=1S/C10H9N5/c1-14-7-11-6-8(14)10-13-12-9-4-2-3-5-15(9)10/h2-7H,1H3. The highest BCUT2D eigenvalue weighted by Crippen LogP contribution is 2.16. The van der Waals surface area contributed by atoms with Crippen molar-refractivity contribution >= 4 is 5.65 Å². The molecule has 3 rings (SSSR count). The molecule has 0 spiro atoms. The van der Waals surface area contributed by atoms with Gasteiger partial charge in [0.1, 0.15) is 5.69 Å². The van der Waals surface area contributed by atoms with E-state index in [-0.39, 0.29) is 0 Å². The van der Waals surface area contributed by atoms with Gasteiger partial charge in [0.15, 0.2) is 11.5 Å². The van der Waals surface area contributed by atoms with Gasteiger partial charge in [-0.15, -0.1) is 10.2 Å². The zero-order chi connectivity index (χ0) is 10.3. The summed E-state index contributed by atoms with van der Waals surface area (Å²) in [4.78, 5) is 4.07. The van der Waals surface area contributed by atoms with E-state index in [4.69, 9.17) is 0 Å². The molecule has 0 bridgehead atoms. The number of pyridine rings is 1. The van der Waals surface area contributed by atoms with Gasteiger partial charge in [0.05, 0.1) is 12.5 Å². The Kier molecular flexibility index (Phi) is 1.58. The van der Waals surface area contributed by atoms with Gasteiger partial charge in [-0.3, -0.25) is 4.40 Å². The first kappa shape index (κ1) is 8.16. The summed E-state index contributed by atoms with van der Waals surface area (Å²) >= 11 is 0. The summed E-state index contributed by atoms with van der Waals surface area (Å²) in [6.45, 7) is 0. The van der Waals surface area contributed by atoms with Crippen LogP contribution in [0, 0.1) is 0 Å². The Balaban J connectivity index is 2.32. The molecule has 0 aliphatic carbocycles. The van der Waals surface area contributed by atoms with E-state index >= 15 is 0 Å². The summed E-state index contributed by atoms with van der Waals surface area (Å²) in [5.74, 6) is 0.811. The topological polar surface area (TPSA) is 48.0 Å². The van der Waals surface area contributed by atoms with Crippen molar-refractivity contribution in [1.82, 2.24) is 24.1 Å². The fourth-order valence-electron chi connectivity index (χ4n) is 1.59. The smallest absolute Gasteiger partial charge is 0.186 e. The molecule has 3 aromatic rings. The maximum Gasteiger partial charge on any atom is 0.186 e. The molecular formula is C10H9N5. The van der Waals surface area contributed by atoms with E-state index in [1.165, 1.54) is 0 Å². The average Bonchev–Trinajstić information content (AvgIpc) is 2.83. The minimum Gasteiger partial charge on any atom is -0.331 e. The van der Waals surface area contributed by atoms with Crippen molar-refractivity contribution in [3.05, 3.63) is 36.9 Å². The van der Waals surface area contributed by atoms with E-state index < -0.39 is 0 Å². The predicted octanol–water partition coefficient (Wildman–Crippen LogP) is 1.13. The van der Waals surface area contributed by atoms with Gasteiger partial charge in [-0.1, -0.05) is 6.07 Å². The SMILES string of the molecule is Cn1cncc1-c1nnc2ccccn12. The van der Waals surface area contributed by atoms with Crippen molar-refractivity contribution in [2.75, 3.05) is 0 Å². The maximum atomic E-state index is 4.15. The molecule has 0 aromatic carbocycles. The summed E-state index contributed by atoms with van der Waals surface area (Å²) in [5, 5.41) is 8.24. The third-order valence-electron chi connectivity index (χ3n) is 2.36. The number of hydrogen-bond donors (Lipinski definition) is 0. The molecule has 0 N–H and O–H groups in total. The van der Waals surface area contributed by atoms with Gasteiger partial charge in [0, 0.05) is 13.2 Å². The minimum absolute atomic E-state index is 0.811. The first-order valence-electron chi connectivity index (χ1n) is 4.63. The van der Waals surface area contributed by atoms with Crippen molar-refractivity contribution in [3.8, 4) is 11.5 Å². The molecule has 0 unspecified atom stereocenters. The third-order valence-corrected chi connectivity index (χ3v) is 2.36. The van der Waals surface area contributed by atoms with Crippen LogP contribution in [0.25, 0.3) is 17.2 Å². The van der Waals surface area contributed by atoms with Crippen LogP contribution in [-0.2, 0) is 7.05 Å². The van der Waals surface area contributed by atoms with E-state index in [0.29, 0.717) is 0 Å². The zero-order valence-corrected chi connectivity index (χ0v) is 8.20. The van der Waals surface area contributed by atoms with Crippen molar-refractivity contribution < 1.29 is 0 Å². The normalized spacial score (nSPS) is 11.0. The number of fused-ring (bicyclic) bond motifs is 1. The Morgan fingerprint density at radius 1 is 1.20 bits per heavy atom. The Labute approximate surface area is 86.0 Å². The Hall–Kier alpha value is -2.17. The molecule has 3 heterocycles. The summed E-state index contributed by atoms with van der Waals surface area (Å²) in [5.41, 5.74) is 1.79. The largest absolute Gasteiger partial charge is 0.331 e. The van der Waals surface area contributed by atoms with Crippen LogP contribution >= 0.6 is 0 Å². The van der Waals surface area contributed by atoms with Gasteiger partial charge >= 0.3 is 0 Å². The number of aromatic nitrogens is 5. The summed E-state index contributed by atoms with van der Waals surface area (Å²) in [7, 11) is 1.94. The quantitative estimate of drug-likeness (QED) is 0.590. The van der Waals surface area contributed by atoms with E-state index in [0.717, 1.165) is 17.2 Å². The van der Waals surface area contributed by atoms with Gasteiger partial charge in [0.25, 0.3) is 0 Å². The molecular weight excluding hydrogens is 190 g/mol. The molecule has 0 atom stereocenters. The van der Waals surface area contributed by atoms with Crippen LogP contribution < -0.4 is 0 Å². The first-order chi connectivity index (χ1) is 7.36. The molecule has 0 radical (unpaired) electrons. The van der Waals surface area contributed by atoms with E-state index in [2.05, 4.69) is 15.2 Å². The summed E-state index contributed by atoms with van der Waals surface area (Å²) < 4.78 is 3.86. The van der Waals surface area contributed by atoms with Crippen molar-refractivity contribution in [2.24, 2.45) is 7.05 Å². The van der Waals surface area contributed by atoms with Crippen LogP contribution in [0.1, 0.15) is 0 Å². The number of nitrogens with zero attached hydrogens (tertiary/aromatic N) is 5. The van der Waals surface area contributed by atoms with E-state index in [1.807, 2.05) is 40.4 Å². The fraction of sp³-hybridized carbons (Fsp3) is 0.100. The van der Waals surface area contributed by atoms with Gasteiger partial charge < -0.3 is 4.57 Å². The molecule has 0 aliphatic rings. The average molecular weight is 199 g/mol. The molecule has 0 saturated carbocycles. The molecule has 5 nitrogen and oxygen atoms in total. The molecule has 0 amide bonds. The fourth-order valence-corrected chi connectivity index (χ4v) is 1.59. The second-order valence-corrected chi connectivity index (χ2v) is 3.34. The Morgan fingerprint density at radius 3 is 2.93 bits per heavy atom. The second-order valence-electron chi connectivity index (χ2n) is 3.34.